The minimum Gasteiger partial charge on any atom is -0.497 e. The number of fused-ring (bicyclic) bond motifs is 1. The molecule has 0 aliphatic heterocycles. The Balaban J connectivity index is 1.40. The van der Waals surface area contributed by atoms with E-state index in [9.17, 15) is 4.79 Å². The molecule has 0 atom stereocenters. The number of ether oxygens (including phenoxy) is 2. The van der Waals surface area contributed by atoms with Crippen LogP contribution in [-0.4, -0.2) is 26.3 Å². The fraction of sp³-hybridized carbons (Fsp3) is 0.316. The predicted octanol–water partition coefficient (Wildman–Crippen LogP) is 3.38. The fourth-order valence-electron chi connectivity index (χ4n) is 2.85. The molecule has 0 saturated heterocycles. The summed E-state index contributed by atoms with van der Waals surface area (Å²) in [6, 6.07) is 13.2. The zero-order valence-corrected chi connectivity index (χ0v) is 13.8. The number of rotatable bonds is 6. The van der Waals surface area contributed by atoms with Crippen LogP contribution in [0.3, 0.4) is 0 Å². The quantitative estimate of drug-likeness (QED) is 0.800. The van der Waals surface area contributed by atoms with Crippen LogP contribution in [0.4, 0.5) is 10.5 Å². The average Bonchev–Trinajstić information content (AvgIpc) is 3.06. The molecule has 2 N–H and O–H groups in total. The summed E-state index contributed by atoms with van der Waals surface area (Å²) in [6.45, 7) is 0.872. The van der Waals surface area contributed by atoms with E-state index in [1.807, 2.05) is 24.3 Å². The summed E-state index contributed by atoms with van der Waals surface area (Å²) in [5.41, 5.74) is 3.50. The standard InChI is InChI=1S/C19H22N2O3/c1-23-17-7-3-6-16(13-17)21-19(22)20-10-11-24-18-9-8-14-4-2-5-15(14)12-18/h3,6-9,12-13H,2,4-5,10-11H2,1H3,(H2,20,21,22). The number of benzene rings is 2. The van der Waals surface area contributed by atoms with Gasteiger partial charge in [0.15, 0.2) is 0 Å². The Morgan fingerprint density at radius 1 is 1.08 bits per heavy atom. The molecule has 0 unspecified atom stereocenters. The van der Waals surface area contributed by atoms with Gasteiger partial charge in [0.1, 0.15) is 18.1 Å². The normalized spacial score (nSPS) is 12.4. The highest BCUT2D eigenvalue weighted by molar-refractivity contribution is 5.89. The van der Waals surface area contributed by atoms with Crippen molar-refractivity contribution in [3.8, 4) is 11.5 Å². The summed E-state index contributed by atoms with van der Waals surface area (Å²) >= 11 is 0. The van der Waals surface area contributed by atoms with Gasteiger partial charge in [0, 0.05) is 11.8 Å². The van der Waals surface area contributed by atoms with Crippen LogP contribution >= 0.6 is 0 Å². The second-order valence-corrected chi connectivity index (χ2v) is 5.75. The first-order valence-electron chi connectivity index (χ1n) is 8.18. The Hall–Kier alpha value is -2.69. The second-order valence-electron chi connectivity index (χ2n) is 5.75. The van der Waals surface area contributed by atoms with Crippen LogP contribution in [0.5, 0.6) is 11.5 Å². The Morgan fingerprint density at radius 2 is 1.96 bits per heavy atom. The van der Waals surface area contributed by atoms with Gasteiger partial charge in [-0.2, -0.15) is 0 Å². The van der Waals surface area contributed by atoms with Crippen LogP contribution in [0.15, 0.2) is 42.5 Å². The molecular formula is C19H22N2O3. The molecule has 1 aliphatic rings. The maximum Gasteiger partial charge on any atom is 0.319 e. The highest BCUT2D eigenvalue weighted by Gasteiger charge is 2.11. The molecule has 24 heavy (non-hydrogen) atoms. The number of carbonyl (C=O) groups is 1. The summed E-state index contributed by atoms with van der Waals surface area (Å²) < 4.78 is 10.8. The number of aryl methyl sites for hydroxylation is 2. The van der Waals surface area contributed by atoms with Gasteiger partial charge in [-0.1, -0.05) is 12.1 Å². The molecule has 0 heterocycles. The maximum atomic E-state index is 11.9. The summed E-state index contributed by atoms with van der Waals surface area (Å²) in [4.78, 5) is 11.9. The van der Waals surface area contributed by atoms with Crippen molar-refractivity contribution >= 4 is 11.7 Å². The molecule has 0 saturated carbocycles. The van der Waals surface area contributed by atoms with Crippen molar-refractivity contribution in [2.24, 2.45) is 0 Å². The summed E-state index contributed by atoms with van der Waals surface area (Å²) in [5.74, 6) is 1.57. The minimum absolute atomic E-state index is 0.263. The topological polar surface area (TPSA) is 59.6 Å². The molecule has 5 nitrogen and oxygen atoms in total. The summed E-state index contributed by atoms with van der Waals surface area (Å²) in [6.07, 6.45) is 3.53. The van der Waals surface area contributed by atoms with Crippen LogP contribution in [0, 0.1) is 0 Å². The number of amides is 2. The van der Waals surface area contributed by atoms with E-state index in [0.717, 1.165) is 12.2 Å². The fourth-order valence-corrected chi connectivity index (χ4v) is 2.85. The van der Waals surface area contributed by atoms with Crippen molar-refractivity contribution in [1.82, 2.24) is 5.32 Å². The third kappa shape index (κ3) is 4.19. The number of nitrogens with one attached hydrogen (secondary N) is 2. The molecule has 2 aromatic rings. The number of anilines is 1. The molecule has 2 amide bonds. The van der Waals surface area contributed by atoms with Gasteiger partial charge in [-0.25, -0.2) is 4.79 Å². The van der Waals surface area contributed by atoms with Crippen molar-refractivity contribution in [1.29, 1.82) is 0 Å². The monoisotopic (exact) mass is 326 g/mol. The highest BCUT2D eigenvalue weighted by atomic mass is 16.5. The number of methoxy groups -OCH3 is 1. The Kier molecular flexibility index (Phi) is 5.21. The Labute approximate surface area is 142 Å². The van der Waals surface area contributed by atoms with Crippen LogP contribution in [0.2, 0.25) is 0 Å². The molecule has 0 fully saturated rings. The van der Waals surface area contributed by atoms with Gasteiger partial charge in [0.05, 0.1) is 13.7 Å². The van der Waals surface area contributed by atoms with Crippen LogP contribution in [0.25, 0.3) is 0 Å². The minimum atomic E-state index is -0.263. The zero-order valence-electron chi connectivity index (χ0n) is 13.8. The van der Waals surface area contributed by atoms with E-state index in [-0.39, 0.29) is 6.03 Å². The Morgan fingerprint density at radius 3 is 2.83 bits per heavy atom. The van der Waals surface area contributed by atoms with Gasteiger partial charge in [0.2, 0.25) is 0 Å². The molecule has 2 aromatic carbocycles. The maximum absolute atomic E-state index is 11.9. The second kappa shape index (κ2) is 7.73. The van der Waals surface area contributed by atoms with E-state index in [0.29, 0.717) is 24.6 Å². The zero-order chi connectivity index (χ0) is 16.8. The van der Waals surface area contributed by atoms with Crippen LogP contribution < -0.4 is 20.1 Å². The molecule has 1 aliphatic carbocycles. The first-order valence-corrected chi connectivity index (χ1v) is 8.18. The first-order chi connectivity index (χ1) is 11.7. The summed E-state index contributed by atoms with van der Waals surface area (Å²) in [5, 5.41) is 5.54. The van der Waals surface area contributed by atoms with Crippen LogP contribution in [-0.2, 0) is 12.8 Å². The smallest absolute Gasteiger partial charge is 0.319 e. The van der Waals surface area contributed by atoms with Crippen molar-refractivity contribution in [3.63, 3.8) is 0 Å². The van der Waals surface area contributed by atoms with E-state index in [4.69, 9.17) is 9.47 Å². The van der Waals surface area contributed by atoms with Crippen molar-refractivity contribution < 1.29 is 14.3 Å². The Bertz CT molecular complexity index is 716. The van der Waals surface area contributed by atoms with Crippen molar-refractivity contribution in [3.05, 3.63) is 53.6 Å². The predicted molar refractivity (Wildman–Crippen MR) is 94.0 cm³/mol. The SMILES string of the molecule is COc1cccc(NC(=O)NCCOc2ccc3c(c2)CCC3)c1. The van der Waals surface area contributed by atoms with E-state index < -0.39 is 0 Å². The van der Waals surface area contributed by atoms with E-state index in [2.05, 4.69) is 22.8 Å². The third-order valence-electron chi connectivity index (χ3n) is 4.05. The molecule has 0 spiro atoms. The molecular weight excluding hydrogens is 304 g/mol. The lowest BCUT2D eigenvalue weighted by atomic mass is 10.1. The average molecular weight is 326 g/mol. The largest absolute Gasteiger partial charge is 0.497 e. The van der Waals surface area contributed by atoms with Crippen molar-refractivity contribution in [2.75, 3.05) is 25.6 Å². The molecule has 3 rings (SSSR count). The van der Waals surface area contributed by atoms with Gasteiger partial charge >= 0.3 is 6.03 Å². The number of carbonyl (C=O) groups excluding carboxylic acids is 1. The van der Waals surface area contributed by atoms with Crippen molar-refractivity contribution in [2.45, 2.75) is 19.3 Å². The molecule has 126 valence electrons. The highest BCUT2D eigenvalue weighted by Crippen LogP contribution is 2.25. The molecule has 0 aromatic heterocycles. The van der Waals surface area contributed by atoms with Gasteiger partial charge in [-0.05, 0) is 54.7 Å². The first kappa shape index (κ1) is 16.2. The number of hydrogen-bond acceptors (Lipinski definition) is 3. The van der Waals surface area contributed by atoms with E-state index in [1.165, 1.54) is 24.0 Å². The van der Waals surface area contributed by atoms with E-state index >= 15 is 0 Å². The third-order valence-corrected chi connectivity index (χ3v) is 4.05. The lowest BCUT2D eigenvalue weighted by Crippen LogP contribution is -2.32. The van der Waals surface area contributed by atoms with Crippen LogP contribution in [0.1, 0.15) is 17.5 Å². The van der Waals surface area contributed by atoms with E-state index in [1.54, 1.807) is 13.2 Å². The molecule has 0 bridgehead atoms. The number of hydrogen-bond donors (Lipinski definition) is 2. The number of urea groups is 1. The lowest BCUT2D eigenvalue weighted by molar-refractivity contribution is 0.247. The summed E-state index contributed by atoms with van der Waals surface area (Å²) in [7, 11) is 1.59. The van der Waals surface area contributed by atoms with Gasteiger partial charge in [0.25, 0.3) is 0 Å². The lowest BCUT2D eigenvalue weighted by Gasteiger charge is -2.10. The van der Waals surface area contributed by atoms with Gasteiger partial charge < -0.3 is 20.1 Å². The van der Waals surface area contributed by atoms with Gasteiger partial charge in [-0.15, -0.1) is 0 Å². The van der Waals surface area contributed by atoms with Gasteiger partial charge in [-0.3, -0.25) is 0 Å². The molecule has 5 heteroatoms. The molecule has 0 radical (unpaired) electrons.